The van der Waals surface area contributed by atoms with E-state index in [0.29, 0.717) is 85.3 Å². The largest absolute Gasteiger partial charge is 0.383 e. The monoisotopic (exact) mass is 691 g/mol. The minimum Gasteiger partial charge on any atom is -0.383 e. The summed E-state index contributed by atoms with van der Waals surface area (Å²) in [5.74, 6) is 1.36. The molecular formula is C32H23Cl2N13S. The van der Waals surface area contributed by atoms with Crippen molar-refractivity contribution in [2.75, 3.05) is 11.5 Å². The summed E-state index contributed by atoms with van der Waals surface area (Å²) in [6, 6.07) is 13.3. The number of anilines is 2. The smallest absolute Gasteiger partial charge is 0.187 e. The lowest BCUT2D eigenvalue weighted by Gasteiger charge is -2.10. The Balaban J connectivity index is 1.04. The molecule has 0 amide bonds. The number of rotatable bonds is 7. The number of aromatic nitrogens is 11. The van der Waals surface area contributed by atoms with E-state index in [0.717, 1.165) is 16.1 Å². The average molecular weight is 693 g/mol. The van der Waals surface area contributed by atoms with Gasteiger partial charge in [-0.1, -0.05) is 59.6 Å². The first kappa shape index (κ1) is 29.8. The zero-order valence-corrected chi connectivity index (χ0v) is 27.4. The molecule has 2 aromatic carbocycles. The normalized spacial score (nSPS) is 11.6. The summed E-state index contributed by atoms with van der Waals surface area (Å²) in [5, 5.41) is 14.5. The highest BCUT2D eigenvalue weighted by Crippen LogP contribution is 2.31. The molecule has 13 nitrogen and oxygen atoms in total. The van der Waals surface area contributed by atoms with Crippen LogP contribution in [0.2, 0.25) is 10.0 Å². The third-order valence-electron chi connectivity index (χ3n) is 7.62. The summed E-state index contributed by atoms with van der Waals surface area (Å²) in [6.07, 6.45) is 6.82. The van der Waals surface area contributed by atoms with Gasteiger partial charge in [-0.3, -0.25) is 14.3 Å². The minimum absolute atomic E-state index is 0.288. The molecule has 0 aliphatic heterocycles. The average Bonchev–Trinajstić information content (AvgIpc) is 3.82. The van der Waals surface area contributed by atoms with Crippen molar-refractivity contribution in [1.29, 1.82) is 0 Å². The van der Waals surface area contributed by atoms with Crippen LogP contribution >= 0.6 is 34.5 Å². The molecule has 0 fully saturated rings. The highest BCUT2D eigenvalue weighted by molar-refractivity contribution is 7.09. The molecule has 0 saturated carbocycles. The standard InChI is InChI=1S/C32H23Cl2N13S/c1-16-39-25(15-48-16)32-41-28(36)21-14-47(45-30(21)43-32)12-18-6-4-7-19(26(18)34)23-9-38-24(10-37-23)31-40-27(35)20-13-46(44-29(20)42-31)11-17-5-2-3-8-22(17)33/h2-10,13-15H,11-12H2,1H3,(H2,35,40,42,44)(H2,36,41,43,45). The molecule has 0 unspecified atom stereocenters. The second kappa shape index (κ2) is 11.9. The van der Waals surface area contributed by atoms with Crippen molar-refractivity contribution in [3.8, 4) is 34.3 Å². The third-order valence-corrected chi connectivity index (χ3v) is 9.21. The summed E-state index contributed by atoms with van der Waals surface area (Å²) in [4.78, 5) is 31.8. The molecule has 8 aromatic rings. The summed E-state index contributed by atoms with van der Waals surface area (Å²) in [7, 11) is 0. The van der Waals surface area contributed by atoms with Gasteiger partial charge in [0.2, 0.25) is 0 Å². The van der Waals surface area contributed by atoms with E-state index in [9.17, 15) is 0 Å². The van der Waals surface area contributed by atoms with Gasteiger partial charge in [0, 0.05) is 28.4 Å². The number of thiazole rings is 1. The molecule has 0 aliphatic rings. The second-order valence-corrected chi connectivity index (χ2v) is 12.7. The summed E-state index contributed by atoms with van der Waals surface area (Å²) < 4.78 is 3.47. The molecule has 6 aromatic heterocycles. The maximum absolute atomic E-state index is 6.92. The van der Waals surface area contributed by atoms with Gasteiger partial charge in [0.25, 0.3) is 0 Å². The summed E-state index contributed by atoms with van der Waals surface area (Å²) >= 11 is 14.8. The van der Waals surface area contributed by atoms with E-state index in [1.54, 1.807) is 34.2 Å². The van der Waals surface area contributed by atoms with Crippen LogP contribution in [-0.2, 0) is 13.1 Å². The quantitative estimate of drug-likeness (QED) is 0.198. The van der Waals surface area contributed by atoms with E-state index in [1.807, 2.05) is 54.8 Å². The fourth-order valence-corrected chi connectivity index (χ4v) is 6.33. The van der Waals surface area contributed by atoms with E-state index >= 15 is 0 Å². The Hall–Kier alpha value is -5.57. The number of benzene rings is 2. The van der Waals surface area contributed by atoms with Gasteiger partial charge in [-0.2, -0.15) is 10.2 Å². The molecule has 236 valence electrons. The molecule has 4 N–H and O–H groups in total. The Labute approximate surface area is 286 Å². The number of hydrogen-bond acceptors (Lipinski definition) is 12. The van der Waals surface area contributed by atoms with Gasteiger partial charge >= 0.3 is 0 Å². The molecule has 0 spiro atoms. The van der Waals surface area contributed by atoms with Crippen LogP contribution in [0.4, 0.5) is 11.6 Å². The van der Waals surface area contributed by atoms with Crippen LogP contribution in [0, 0.1) is 6.92 Å². The molecule has 0 atom stereocenters. The van der Waals surface area contributed by atoms with Crippen molar-refractivity contribution < 1.29 is 0 Å². The van der Waals surface area contributed by atoms with Gasteiger partial charge in [0.1, 0.15) is 23.0 Å². The third kappa shape index (κ3) is 5.55. The lowest BCUT2D eigenvalue weighted by molar-refractivity contribution is 0.693. The van der Waals surface area contributed by atoms with Crippen LogP contribution in [0.25, 0.3) is 56.4 Å². The van der Waals surface area contributed by atoms with E-state index in [2.05, 4.69) is 45.1 Å². The fraction of sp³-hybridized carbons (Fsp3) is 0.0938. The van der Waals surface area contributed by atoms with Gasteiger partial charge in [-0.25, -0.2) is 29.9 Å². The lowest BCUT2D eigenvalue weighted by Crippen LogP contribution is -2.02. The topological polar surface area (TPSA) is 178 Å². The number of nitrogens with two attached hydrogens (primary N) is 2. The first-order valence-corrected chi connectivity index (χ1v) is 16.2. The number of nitrogens with zero attached hydrogens (tertiary/aromatic N) is 11. The molecule has 0 aliphatic carbocycles. The first-order chi connectivity index (χ1) is 23.3. The number of nitrogen functional groups attached to an aromatic ring is 2. The number of hydrogen-bond donors (Lipinski definition) is 2. The number of aryl methyl sites for hydroxylation is 1. The van der Waals surface area contributed by atoms with Crippen LogP contribution in [0.3, 0.4) is 0 Å². The Bertz CT molecular complexity index is 2490. The van der Waals surface area contributed by atoms with Gasteiger partial charge in [0.05, 0.1) is 52.0 Å². The Morgan fingerprint density at radius 3 is 1.92 bits per heavy atom. The van der Waals surface area contributed by atoms with E-state index in [1.165, 1.54) is 11.3 Å². The summed E-state index contributed by atoms with van der Waals surface area (Å²) in [6.45, 7) is 2.76. The van der Waals surface area contributed by atoms with E-state index in [-0.39, 0.29) is 5.82 Å². The minimum atomic E-state index is 0.288. The van der Waals surface area contributed by atoms with Crippen molar-refractivity contribution in [1.82, 2.24) is 54.4 Å². The van der Waals surface area contributed by atoms with Crippen molar-refractivity contribution in [2.45, 2.75) is 20.0 Å². The van der Waals surface area contributed by atoms with Crippen molar-refractivity contribution in [3.63, 3.8) is 0 Å². The fourth-order valence-electron chi connectivity index (χ4n) is 5.26. The van der Waals surface area contributed by atoms with Crippen molar-refractivity contribution in [2.24, 2.45) is 0 Å². The van der Waals surface area contributed by atoms with E-state index in [4.69, 9.17) is 34.7 Å². The molecule has 0 saturated heterocycles. The Kier molecular flexibility index (Phi) is 7.39. The highest BCUT2D eigenvalue weighted by atomic mass is 35.5. The van der Waals surface area contributed by atoms with E-state index < -0.39 is 0 Å². The summed E-state index contributed by atoms with van der Waals surface area (Å²) in [5.41, 5.74) is 17.6. The highest BCUT2D eigenvalue weighted by Gasteiger charge is 2.17. The van der Waals surface area contributed by atoms with Crippen molar-refractivity contribution >= 4 is 68.2 Å². The molecule has 0 bridgehead atoms. The van der Waals surface area contributed by atoms with Gasteiger partial charge in [0.15, 0.2) is 22.9 Å². The zero-order chi connectivity index (χ0) is 32.9. The zero-order valence-electron chi connectivity index (χ0n) is 25.1. The second-order valence-electron chi connectivity index (χ2n) is 10.9. The Morgan fingerprint density at radius 2 is 1.29 bits per heavy atom. The predicted octanol–water partition coefficient (Wildman–Crippen LogP) is 6.09. The Morgan fingerprint density at radius 1 is 0.688 bits per heavy atom. The van der Waals surface area contributed by atoms with Crippen LogP contribution < -0.4 is 11.5 Å². The number of fused-ring (bicyclic) bond motifs is 2. The van der Waals surface area contributed by atoms with Crippen LogP contribution in [0.5, 0.6) is 0 Å². The van der Waals surface area contributed by atoms with Crippen LogP contribution in [0.1, 0.15) is 16.1 Å². The van der Waals surface area contributed by atoms with Crippen LogP contribution in [0.15, 0.2) is 72.6 Å². The lowest BCUT2D eigenvalue weighted by atomic mass is 10.1. The van der Waals surface area contributed by atoms with Gasteiger partial charge in [-0.05, 0) is 24.1 Å². The maximum atomic E-state index is 6.92. The molecule has 0 radical (unpaired) electrons. The molecule has 8 rings (SSSR count). The van der Waals surface area contributed by atoms with Crippen LogP contribution in [-0.4, -0.2) is 54.4 Å². The van der Waals surface area contributed by atoms with Crippen molar-refractivity contribution in [3.05, 3.63) is 98.8 Å². The first-order valence-electron chi connectivity index (χ1n) is 14.6. The molecule has 16 heteroatoms. The molecule has 48 heavy (non-hydrogen) atoms. The maximum Gasteiger partial charge on any atom is 0.187 e. The van der Waals surface area contributed by atoms with Gasteiger partial charge in [-0.15, -0.1) is 11.3 Å². The predicted molar refractivity (Wildman–Crippen MR) is 186 cm³/mol. The molecule has 6 heterocycles. The van der Waals surface area contributed by atoms with Gasteiger partial charge < -0.3 is 11.5 Å². The number of halogens is 2. The SMILES string of the molecule is Cc1nc(-c2nc(N)c3cn(Cc4cccc(-c5cnc(-c6nc(N)c7cn(Cc8ccccc8Cl)nc7n6)cn5)c4Cl)nc3n2)cs1. The molecular weight excluding hydrogens is 669 g/mol.